The van der Waals surface area contributed by atoms with Crippen molar-refractivity contribution in [1.29, 1.82) is 0 Å². The van der Waals surface area contributed by atoms with Gasteiger partial charge in [0.05, 0.1) is 27.9 Å². The Morgan fingerprint density at radius 1 is 1.26 bits per heavy atom. The van der Waals surface area contributed by atoms with Crippen molar-refractivity contribution in [1.82, 2.24) is 19.7 Å². The molecular formula is C23H21F2N5O3S. The molecule has 1 amide bonds. The Bertz CT molecular complexity index is 1410. The van der Waals surface area contributed by atoms with Gasteiger partial charge < -0.3 is 4.42 Å². The Balaban J connectivity index is 1.56. The molecule has 1 saturated carbocycles. The van der Waals surface area contributed by atoms with Crippen LogP contribution >= 0.6 is 11.3 Å². The van der Waals surface area contributed by atoms with Gasteiger partial charge in [-0.1, -0.05) is 11.3 Å². The van der Waals surface area contributed by atoms with Crippen LogP contribution in [0.4, 0.5) is 13.9 Å². The molecule has 0 unspecified atom stereocenters. The molecule has 0 spiro atoms. The smallest absolute Gasteiger partial charge is 0.264 e. The summed E-state index contributed by atoms with van der Waals surface area (Å²) in [5, 5.41) is 5.06. The number of ketones is 1. The third kappa shape index (κ3) is 3.89. The van der Waals surface area contributed by atoms with Crippen LogP contribution < -0.4 is 4.90 Å². The third-order valence-electron chi connectivity index (χ3n) is 5.69. The number of rotatable bonds is 7. The summed E-state index contributed by atoms with van der Waals surface area (Å²) in [4.78, 5) is 36.4. The van der Waals surface area contributed by atoms with Crippen LogP contribution in [0.1, 0.15) is 52.8 Å². The van der Waals surface area contributed by atoms with E-state index in [1.165, 1.54) is 35.3 Å². The first kappa shape index (κ1) is 22.3. The summed E-state index contributed by atoms with van der Waals surface area (Å²) in [6.45, 7) is 4.62. The van der Waals surface area contributed by atoms with Gasteiger partial charge in [0.1, 0.15) is 12.2 Å². The SMILES string of the molecule is CC(=O)c1sc(N(C(=O)Cn2nc(C)c3c(C(F)F)cc(-c4ccco4)nc32)C2CC2)nc1C. The van der Waals surface area contributed by atoms with Gasteiger partial charge in [0.15, 0.2) is 22.3 Å². The van der Waals surface area contributed by atoms with E-state index in [1.54, 1.807) is 30.9 Å². The van der Waals surface area contributed by atoms with E-state index in [0.29, 0.717) is 27.2 Å². The van der Waals surface area contributed by atoms with Gasteiger partial charge in [-0.25, -0.2) is 23.4 Å². The Kier molecular flexibility index (Phi) is 5.51. The molecule has 0 N–H and O–H groups in total. The van der Waals surface area contributed by atoms with E-state index < -0.39 is 6.43 Å². The van der Waals surface area contributed by atoms with Crippen molar-refractivity contribution >= 4 is 39.2 Å². The minimum atomic E-state index is -2.75. The van der Waals surface area contributed by atoms with E-state index in [1.807, 2.05) is 0 Å². The fourth-order valence-corrected chi connectivity index (χ4v) is 5.09. The van der Waals surface area contributed by atoms with Crippen molar-refractivity contribution in [3.05, 3.63) is 46.3 Å². The number of hydrogen-bond donors (Lipinski definition) is 0. The largest absolute Gasteiger partial charge is 0.463 e. The van der Waals surface area contributed by atoms with Crippen LogP contribution in [0.3, 0.4) is 0 Å². The molecule has 0 bridgehead atoms. The fraction of sp³-hybridized carbons (Fsp3) is 0.348. The van der Waals surface area contributed by atoms with Crippen molar-refractivity contribution in [2.45, 2.75) is 52.6 Å². The van der Waals surface area contributed by atoms with E-state index in [4.69, 9.17) is 4.42 Å². The molecule has 8 nitrogen and oxygen atoms in total. The minimum absolute atomic E-state index is 0.0101. The first-order valence-corrected chi connectivity index (χ1v) is 11.6. The van der Waals surface area contributed by atoms with Gasteiger partial charge in [-0.3, -0.25) is 14.5 Å². The number of alkyl halides is 2. The second-order valence-electron chi connectivity index (χ2n) is 8.28. The van der Waals surface area contributed by atoms with Gasteiger partial charge in [-0.05, 0) is 44.9 Å². The summed E-state index contributed by atoms with van der Waals surface area (Å²) in [6, 6.07) is 4.57. The number of furan rings is 1. The average Bonchev–Trinajstić information content (AvgIpc) is 3.17. The van der Waals surface area contributed by atoms with Gasteiger partial charge in [-0.2, -0.15) is 5.10 Å². The Labute approximate surface area is 197 Å². The molecule has 11 heteroatoms. The average molecular weight is 486 g/mol. The molecular weight excluding hydrogens is 464 g/mol. The molecule has 0 aliphatic heterocycles. The number of amides is 1. The highest BCUT2D eigenvalue weighted by Crippen LogP contribution is 2.37. The minimum Gasteiger partial charge on any atom is -0.463 e. The highest BCUT2D eigenvalue weighted by atomic mass is 32.1. The van der Waals surface area contributed by atoms with Crippen LogP contribution in [0.15, 0.2) is 28.9 Å². The van der Waals surface area contributed by atoms with Crippen molar-refractivity contribution in [2.75, 3.05) is 4.90 Å². The predicted molar refractivity (Wildman–Crippen MR) is 122 cm³/mol. The predicted octanol–water partition coefficient (Wildman–Crippen LogP) is 5.10. The number of hydrogen-bond acceptors (Lipinski definition) is 7. The summed E-state index contributed by atoms with van der Waals surface area (Å²) in [6.07, 6.45) is 0.343. The maximum absolute atomic E-state index is 13.9. The molecule has 4 aromatic rings. The molecule has 1 fully saturated rings. The monoisotopic (exact) mass is 485 g/mol. The van der Waals surface area contributed by atoms with Crippen molar-refractivity contribution in [2.24, 2.45) is 0 Å². The zero-order valence-electron chi connectivity index (χ0n) is 18.7. The lowest BCUT2D eigenvalue weighted by Gasteiger charge is -2.19. The molecule has 1 aliphatic carbocycles. The van der Waals surface area contributed by atoms with Crippen LogP contribution in [0.2, 0.25) is 0 Å². The Morgan fingerprint density at radius 2 is 2.03 bits per heavy atom. The van der Waals surface area contributed by atoms with Gasteiger partial charge in [-0.15, -0.1) is 0 Å². The zero-order chi connectivity index (χ0) is 24.1. The Morgan fingerprint density at radius 3 is 2.62 bits per heavy atom. The highest BCUT2D eigenvalue weighted by Gasteiger charge is 2.36. The number of aromatic nitrogens is 4. The number of fused-ring (bicyclic) bond motifs is 1. The van der Waals surface area contributed by atoms with E-state index >= 15 is 0 Å². The summed E-state index contributed by atoms with van der Waals surface area (Å²) in [7, 11) is 0. The summed E-state index contributed by atoms with van der Waals surface area (Å²) in [5.74, 6) is -0.0537. The summed E-state index contributed by atoms with van der Waals surface area (Å²) >= 11 is 1.19. The van der Waals surface area contributed by atoms with Crippen LogP contribution in [0, 0.1) is 13.8 Å². The highest BCUT2D eigenvalue weighted by molar-refractivity contribution is 7.17. The lowest BCUT2D eigenvalue weighted by Crippen LogP contribution is -2.36. The van der Waals surface area contributed by atoms with Crippen LogP contribution in [0.25, 0.3) is 22.5 Å². The van der Waals surface area contributed by atoms with Crippen molar-refractivity contribution < 1.29 is 22.8 Å². The second kappa shape index (κ2) is 8.39. The number of pyridine rings is 1. The molecule has 0 atom stereocenters. The lowest BCUT2D eigenvalue weighted by atomic mass is 10.1. The van der Waals surface area contributed by atoms with Crippen LogP contribution in [0.5, 0.6) is 0 Å². The normalized spacial score (nSPS) is 13.7. The first-order chi connectivity index (χ1) is 16.2. The number of carbonyl (C=O) groups excluding carboxylic acids is 2. The molecule has 34 heavy (non-hydrogen) atoms. The topological polar surface area (TPSA) is 94.1 Å². The number of nitrogens with zero attached hydrogens (tertiary/aromatic N) is 5. The maximum Gasteiger partial charge on any atom is 0.264 e. The number of halogens is 2. The number of carbonyl (C=O) groups is 2. The number of aryl methyl sites for hydroxylation is 2. The van der Waals surface area contributed by atoms with Gasteiger partial charge in [0.2, 0.25) is 0 Å². The second-order valence-corrected chi connectivity index (χ2v) is 9.26. The molecule has 1 aliphatic rings. The molecule has 5 rings (SSSR count). The lowest BCUT2D eigenvalue weighted by molar-refractivity contribution is -0.119. The van der Waals surface area contributed by atoms with E-state index in [0.717, 1.165) is 12.8 Å². The first-order valence-electron chi connectivity index (χ1n) is 10.7. The fourth-order valence-electron chi connectivity index (χ4n) is 4.03. The van der Waals surface area contributed by atoms with E-state index in [2.05, 4.69) is 15.1 Å². The van der Waals surface area contributed by atoms with E-state index in [-0.39, 0.29) is 46.6 Å². The summed E-state index contributed by atoms with van der Waals surface area (Å²) < 4.78 is 34.6. The summed E-state index contributed by atoms with van der Waals surface area (Å²) in [5.41, 5.74) is 1.15. The molecule has 0 radical (unpaired) electrons. The van der Waals surface area contributed by atoms with Crippen molar-refractivity contribution in [3.63, 3.8) is 0 Å². The van der Waals surface area contributed by atoms with Crippen LogP contribution in [-0.4, -0.2) is 37.5 Å². The van der Waals surface area contributed by atoms with Gasteiger partial charge in [0, 0.05) is 18.5 Å². The van der Waals surface area contributed by atoms with Crippen LogP contribution in [-0.2, 0) is 11.3 Å². The Hall–Kier alpha value is -3.47. The van der Waals surface area contributed by atoms with Gasteiger partial charge >= 0.3 is 0 Å². The molecule has 176 valence electrons. The molecule has 0 aromatic carbocycles. The number of Topliss-reactive ketones (excluding diaryl/α,β-unsaturated/α-hetero) is 1. The molecule has 4 aromatic heterocycles. The third-order valence-corrected chi connectivity index (χ3v) is 6.95. The zero-order valence-corrected chi connectivity index (χ0v) is 19.5. The van der Waals surface area contributed by atoms with Crippen molar-refractivity contribution in [3.8, 4) is 11.5 Å². The quantitative estimate of drug-likeness (QED) is 0.338. The maximum atomic E-state index is 13.9. The van der Waals surface area contributed by atoms with E-state index in [9.17, 15) is 18.4 Å². The number of thiazole rings is 1. The standard InChI is InChI=1S/C23H21F2N5O3S/c1-11-19-15(21(24)25)9-16(17-5-4-8-33-17)27-22(19)29(28-11)10-18(32)30(14-6-7-14)23-26-12(2)20(34-23)13(3)31/h4-5,8-9,14,21H,6-7,10H2,1-3H3. The molecule has 4 heterocycles. The number of anilines is 1. The van der Waals surface area contributed by atoms with Gasteiger partial charge in [0.25, 0.3) is 12.3 Å². The molecule has 0 saturated heterocycles.